The van der Waals surface area contributed by atoms with Gasteiger partial charge in [-0.2, -0.15) is 0 Å². The Balaban J connectivity index is 1.52. The molecule has 0 aliphatic carbocycles. The highest BCUT2D eigenvalue weighted by molar-refractivity contribution is 5.92. The second kappa shape index (κ2) is 9.01. The molecule has 138 valence electrons. The van der Waals surface area contributed by atoms with E-state index < -0.39 is 0 Å². The number of hydrogen-bond acceptors (Lipinski definition) is 3. The Morgan fingerprint density at radius 2 is 1.52 bits per heavy atom. The van der Waals surface area contributed by atoms with Crippen LogP contribution >= 0.6 is 0 Å². The SMILES string of the molecule is COc1ccc(CN(C)CC(=O)Nc2ccc(-c3ccccc3)cc2)cc1. The van der Waals surface area contributed by atoms with Crippen molar-refractivity contribution in [1.82, 2.24) is 4.90 Å². The summed E-state index contributed by atoms with van der Waals surface area (Å²) in [5.41, 5.74) is 4.23. The molecule has 0 aliphatic rings. The first-order chi connectivity index (χ1) is 13.1. The van der Waals surface area contributed by atoms with Gasteiger partial charge in [0.25, 0.3) is 0 Å². The topological polar surface area (TPSA) is 41.6 Å². The maximum absolute atomic E-state index is 12.3. The summed E-state index contributed by atoms with van der Waals surface area (Å²) < 4.78 is 5.16. The summed E-state index contributed by atoms with van der Waals surface area (Å²) >= 11 is 0. The van der Waals surface area contributed by atoms with Gasteiger partial charge in [-0.05, 0) is 48.0 Å². The first-order valence-corrected chi connectivity index (χ1v) is 8.91. The smallest absolute Gasteiger partial charge is 0.238 e. The van der Waals surface area contributed by atoms with Crippen molar-refractivity contribution < 1.29 is 9.53 Å². The molecule has 27 heavy (non-hydrogen) atoms. The molecule has 0 radical (unpaired) electrons. The highest BCUT2D eigenvalue weighted by Crippen LogP contribution is 2.21. The van der Waals surface area contributed by atoms with Gasteiger partial charge in [0.15, 0.2) is 0 Å². The fraction of sp³-hybridized carbons (Fsp3) is 0.174. The molecular formula is C23H24N2O2. The molecule has 0 aliphatic heterocycles. The van der Waals surface area contributed by atoms with Crippen LogP contribution in [0.4, 0.5) is 5.69 Å². The molecule has 4 nitrogen and oxygen atoms in total. The molecule has 0 aromatic heterocycles. The van der Waals surface area contributed by atoms with Crippen LogP contribution in [0.2, 0.25) is 0 Å². The summed E-state index contributed by atoms with van der Waals surface area (Å²) in [6.07, 6.45) is 0. The molecule has 3 aromatic rings. The predicted molar refractivity (Wildman–Crippen MR) is 110 cm³/mol. The van der Waals surface area contributed by atoms with Crippen molar-refractivity contribution >= 4 is 11.6 Å². The van der Waals surface area contributed by atoms with Gasteiger partial charge in [0.05, 0.1) is 13.7 Å². The first-order valence-electron chi connectivity index (χ1n) is 8.91. The maximum Gasteiger partial charge on any atom is 0.238 e. The summed E-state index contributed by atoms with van der Waals surface area (Å²) in [4.78, 5) is 14.3. The first kappa shape index (κ1) is 18.7. The van der Waals surface area contributed by atoms with Crippen LogP contribution in [0.25, 0.3) is 11.1 Å². The number of amides is 1. The second-order valence-corrected chi connectivity index (χ2v) is 6.51. The molecule has 0 unspecified atom stereocenters. The molecule has 3 rings (SSSR count). The van der Waals surface area contributed by atoms with Crippen LogP contribution in [0.3, 0.4) is 0 Å². The molecule has 0 saturated heterocycles. The number of nitrogens with zero attached hydrogens (tertiary/aromatic N) is 1. The zero-order valence-corrected chi connectivity index (χ0v) is 15.7. The van der Waals surface area contributed by atoms with Crippen LogP contribution in [0.1, 0.15) is 5.56 Å². The fourth-order valence-corrected chi connectivity index (χ4v) is 2.92. The Bertz CT molecular complexity index is 859. The minimum Gasteiger partial charge on any atom is -0.497 e. The lowest BCUT2D eigenvalue weighted by molar-refractivity contribution is -0.117. The average molecular weight is 360 g/mol. The van der Waals surface area contributed by atoms with Crippen molar-refractivity contribution in [1.29, 1.82) is 0 Å². The van der Waals surface area contributed by atoms with E-state index in [1.165, 1.54) is 0 Å². The number of carbonyl (C=O) groups excluding carboxylic acids is 1. The molecule has 1 N–H and O–H groups in total. The van der Waals surface area contributed by atoms with E-state index in [0.717, 1.165) is 28.1 Å². The van der Waals surface area contributed by atoms with Crippen molar-refractivity contribution in [2.75, 3.05) is 26.0 Å². The zero-order chi connectivity index (χ0) is 19.1. The number of ether oxygens (including phenoxy) is 1. The lowest BCUT2D eigenvalue weighted by atomic mass is 10.1. The highest BCUT2D eigenvalue weighted by atomic mass is 16.5. The molecule has 0 bridgehead atoms. The van der Waals surface area contributed by atoms with Crippen molar-refractivity contribution in [3.8, 4) is 16.9 Å². The molecule has 0 heterocycles. The van der Waals surface area contributed by atoms with E-state index in [9.17, 15) is 4.79 Å². The standard InChI is InChI=1S/C23H24N2O2/c1-25(16-18-8-14-22(27-2)15-9-18)17-23(26)24-21-12-10-20(11-13-21)19-6-4-3-5-7-19/h3-15H,16-17H2,1-2H3,(H,24,26). The van der Waals surface area contributed by atoms with Gasteiger partial charge >= 0.3 is 0 Å². The molecular weight excluding hydrogens is 336 g/mol. The second-order valence-electron chi connectivity index (χ2n) is 6.51. The molecule has 0 spiro atoms. The lowest BCUT2D eigenvalue weighted by Gasteiger charge is -2.16. The third-order valence-corrected chi connectivity index (χ3v) is 4.30. The number of nitrogens with one attached hydrogen (secondary N) is 1. The monoisotopic (exact) mass is 360 g/mol. The van der Waals surface area contributed by atoms with E-state index in [1.54, 1.807) is 7.11 Å². The molecule has 1 amide bonds. The molecule has 3 aromatic carbocycles. The van der Waals surface area contributed by atoms with E-state index in [2.05, 4.69) is 17.4 Å². The zero-order valence-electron chi connectivity index (χ0n) is 15.7. The van der Waals surface area contributed by atoms with Gasteiger partial charge in [0.1, 0.15) is 5.75 Å². The summed E-state index contributed by atoms with van der Waals surface area (Å²) in [7, 11) is 3.58. The van der Waals surface area contributed by atoms with Crippen LogP contribution in [0, 0.1) is 0 Å². The number of rotatable bonds is 7. The molecule has 0 fully saturated rings. The van der Waals surface area contributed by atoms with Gasteiger partial charge in [0, 0.05) is 12.2 Å². The number of carbonyl (C=O) groups is 1. The van der Waals surface area contributed by atoms with Gasteiger partial charge in [-0.15, -0.1) is 0 Å². The van der Waals surface area contributed by atoms with E-state index in [1.807, 2.05) is 78.7 Å². The van der Waals surface area contributed by atoms with Crippen molar-refractivity contribution in [2.24, 2.45) is 0 Å². The van der Waals surface area contributed by atoms with Crippen molar-refractivity contribution in [2.45, 2.75) is 6.54 Å². The van der Waals surface area contributed by atoms with Crippen LogP contribution in [-0.2, 0) is 11.3 Å². The Labute approximate surface area is 160 Å². The highest BCUT2D eigenvalue weighted by Gasteiger charge is 2.08. The van der Waals surface area contributed by atoms with Crippen LogP contribution in [0.5, 0.6) is 5.75 Å². The average Bonchev–Trinajstić information content (AvgIpc) is 2.69. The Morgan fingerprint density at radius 3 is 2.15 bits per heavy atom. The quantitative estimate of drug-likeness (QED) is 0.678. The number of methoxy groups -OCH3 is 1. The van der Waals surface area contributed by atoms with Crippen LogP contribution in [-0.4, -0.2) is 31.5 Å². The Hall–Kier alpha value is -3.11. The summed E-state index contributed by atoms with van der Waals surface area (Å²) in [6, 6.07) is 26.0. The number of anilines is 1. The summed E-state index contributed by atoms with van der Waals surface area (Å²) in [5.74, 6) is 0.802. The summed E-state index contributed by atoms with van der Waals surface area (Å²) in [6.45, 7) is 1.02. The van der Waals surface area contributed by atoms with Crippen molar-refractivity contribution in [3.63, 3.8) is 0 Å². The predicted octanol–water partition coefficient (Wildman–Crippen LogP) is 4.43. The molecule has 0 saturated carbocycles. The number of hydrogen-bond donors (Lipinski definition) is 1. The Kier molecular flexibility index (Phi) is 6.23. The minimum atomic E-state index is -0.0292. The third kappa shape index (κ3) is 5.43. The Morgan fingerprint density at radius 1 is 0.889 bits per heavy atom. The van der Waals surface area contributed by atoms with Gasteiger partial charge in [-0.3, -0.25) is 9.69 Å². The van der Waals surface area contributed by atoms with Gasteiger partial charge in [0.2, 0.25) is 5.91 Å². The van der Waals surface area contributed by atoms with Crippen LogP contribution in [0.15, 0.2) is 78.9 Å². The third-order valence-electron chi connectivity index (χ3n) is 4.30. The maximum atomic E-state index is 12.3. The van der Waals surface area contributed by atoms with Gasteiger partial charge < -0.3 is 10.1 Å². The minimum absolute atomic E-state index is 0.0292. The number of likely N-dealkylation sites (N-methyl/N-ethyl adjacent to an activating group) is 1. The van der Waals surface area contributed by atoms with Crippen LogP contribution < -0.4 is 10.1 Å². The van der Waals surface area contributed by atoms with Crippen molar-refractivity contribution in [3.05, 3.63) is 84.4 Å². The fourth-order valence-electron chi connectivity index (χ4n) is 2.92. The van der Waals surface area contributed by atoms with E-state index in [-0.39, 0.29) is 5.91 Å². The normalized spacial score (nSPS) is 10.6. The van der Waals surface area contributed by atoms with E-state index in [0.29, 0.717) is 13.1 Å². The molecule has 0 atom stereocenters. The summed E-state index contributed by atoms with van der Waals surface area (Å²) in [5, 5.41) is 2.95. The van der Waals surface area contributed by atoms with Gasteiger partial charge in [-0.25, -0.2) is 0 Å². The lowest BCUT2D eigenvalue weighted by Crippen LogP contribution is -2.29. The molecule has 4 heteroatoms. The number of benzene rings is 3. The van der Waals surface area contributed by atoms with E-state index in [4.69, 9.17) is 4.74 Å². The van der Waals surface area contributed by atoms with E-state index >= 15 is 0 Å². The van der Waals surface area contributed by atoms with Gasteiger partial charge in [-0.1, -0.05) is 54.6 Å². The largest absolute Gasteiger partial charge is 0.497 e.